The highest BCUT2D eigenvalue weighted by Gasteiger charge is 2.20. The monoisotopic (exact) mass is 413 g/mol. The smallest absolute Gasteiger partial charge is 0.266 e. The molecule has 1 aromatic heterocycles. The molecular weight excluding hydrogens is 390 g/mol. The van der Waals surface area contributed by atoms with Gasteiger partial charge in [-0.3, -0.25) is 9.00 Å². The Morgan fingerprint density at radius 2 is 1.96 bits per heavy atom. The van der Waals surface area contributed by atoms with Crippen molar-refractivity contribution in [1.82, 2.24) is 0 Å². The molecule has 1 aliphatic rings. The van der Waals surface area contributed by atoms with Crippen LogP contribution in [0, 0.1) is 6.92 Å². The largest absolute Gasteiger partial charge is 0.381 e. The van der Waals surface area contributed by atoms with E-state index in [9.17, 15) is 9.00 Å². The molecule has 1 fully saturated rings. The third kappa shape index (κ3) is 4.19. The average molecular weight is 414 g/mol. The number of carbonyl (C=O) groups excluding carboxylic acids is 1. The minimum Gasteiger partial charge on any atom is -0.381 e. The van der Waals surface area contributed by atoms with Gasteiger partial charge in [0, 0.05) is 45.4 Å². The van der Waals surface area contributed by atoms with E-state index < -0.39 is 10.8 Å². The first-order valence-corrected chi connectivity index (χ1v) is 11.6. The van der Waals surface area contributed by atoms with Crippen LogP contribution in [0.5, 0.6) is 0 Å². The molecule has 2 aromatic carbocycles. The molecule has 28 heavy (non-hydrogen) atoms. The zero-order valence-electron chi connectivity index (χ0n) is 15.8. The van der Waals surface area contributed by atoms with E-state index in [1.54, 1.807) is 0 Å². The fraction of sp³-hybridized carbons (Fsp3) is 0.318. The lowest BCUT2D eigenvalue weighted by atomic mass is 10.1. The summed E-state index contributed by atoms with van der Waals surface area (Å²) in [6.07, 6.45) is 1.71. The van der Waals surface area contributed by atoms with Crippen LogP contribution in [0.1, 0.15) is 33.6 Å². The molecule has 0 radical (unpaired) electrons. The quantitative estimate of drug-likeness (QED) is 0.648. The summed E-state index contributed by atoms with van der Waals surface area (Å²) in [4.78, 5) is 13.5. The second-order valence-corrected chi connectivity index (χ2v) is 9.81. The van der Waals surface area contributed by atoms with E-state index in [4.69, 9.17) is 4.74 Å². The predicted molar refractivity (Wildman–Crippen MR) is 117 cm³/mol. The molecule has 0 spiro atoms. The Hall–Kier alpha value is -2.02. The molecule has 0 bridgehead atoms. The van der Waals surface area contributed by atoms with Gasteiger partial charge in [0.25, 0.3) is 5.91 Å². The Kier molecular flexibility index (Phi) is 5.90. The van der Waals surface area contributed by atoms with E-state index >= 15 is 0 Å². The Morgan fingerprint density at radius 3 is 2.75 bits per heavy atom. The van der Waals surface area contributed by atoms with Gasteiger partial charge in [-0.25, -0.2) is 0 Å². The van der Waals surface area contributed by atoms with Crippen LogP contribution in [0.2, 0.25) is 0 Å². The van der Waals surface area contributed by atoms with E-state index in [1.807, 2.05) is 55.5 Å². The normalized spacial score (nSPS) is 16.2. The number of aryl methyl sites for hydroxylation is 1. The highest BCUT2D eigenvalue weighted by Crippen LogP contribution is 2.31. The van der Waals surface area contributed by atoms with Gasteiger partial charge in [-0.1, -0.05) is 30.3 Å². The lowest BCUT2D eigenvalue weighted by Gasteiger charge is -2.21. The topological polar surface area (TPSA) is 55.4 Å². The number of anilines is 1. The van der Waals surface area contributed by atoms with Gasteiger partial charge in [-0.2, -0.15) is 0 Å². The minimum absolute atomic E-state index is 0.0959. The Morgan fingerprint density at radius 1 is 1.18 bits per heavy atom. The van der Waals surface area contributed by atoms with Crippen LogP contribution in [0.15, 0.2) is 48.5 Å². The molecule has 1 aliphatic heterocycles. The first-order valence-electron chi connectivity index (χ1n) is 9.45. The number of amides is 1. The second-order valence-electron chi connectivity index (χ2n) is 7.04. The first-order chi connectivity index (χ1) is 13.6. The number of thiophene rings is 1. The molecule has 2 heterocycles. The molecule has 0 aliphatic carbocycles. The van der Waals surface area contributed by atoms with E-state index in [0.29, 0.717) is 19.0 Å². The van der Waals surface area contributed by atoms with Crippen molar-refractivity contribution in [3.63, 3.8) is 0 Å². The van der Waals surface area contributed by atoms with Crippen LogP contribution < -0.4 is 5.32 Å². The first kappa shape index (κ1) is 19.3. The maximum Gasteiger partial charge on any atom is 0.266 e. The second kappa shape index (κ2) is 8.55. The van der Waals surface area contributed by atoms with Crippen LogP contribution in [-0.4, -0.2) is 28.6 Å². The summed E-state index contributed by atoms with van der Waals surface area (Å²) in [5, 5.41) is 4.33. The molecule has 1 atom stereocenters. The van der Waals surface area contributed by atoms with Crippen molar-refractivity contribution < 1.29 is 13.7 Å². The third-order valence-corrected chi connectivity index (χ3v) is 8.19. The predicted octanol–water partition coefficient (Wildman–Crippen LogP) is 4.89. The summed E-state index contributed by atoms with van der Waals surface area (Å²) in [7, 11) is -0.919. The van der Waals surface area contributed by atoms with Gasteiger partial charge in [-0.15, -0.1) is 11.3 Å². The number of hydrogen-bond acceptors (Lipinski definition) is 4. The zero-order chi connectivity index (χ0) is 19.5. The lowest BCUT2D eigenvalue weighted by Crippen LogP contribution is -2.25. The maximum atomic E-state index is 12.8. The van der Waals surface area contributed by atoms with Gasteiger partial charge >= 0.3 is 0 Å². The zero-order valence-corrected chi connectivity index (χ0v) is 17.4. The molecule has 146 valence electrons. The molecule has 1 N–H and O–H groups in total. The molecule has 6 heteroatoms. The maximum absolute atomic E-state index is 12.8. The van der Waals surface area contributed by atoms with E-state index in [0.717, 1.165) is 44.6 Å². The van der Waals surface area contributed by atoms with Crippen molar-refractivity contribution >= 4 is 43.8 Å². The van der Waals surface area contributed by atoms with Crippen LogP contribution in [0.3, 0.4) is 0 Å². The van der Waals surface area contributed by atoms with Gasteiger partial charge in [0.15, 0.2) is 0 Å². The molecule has 4 nitrogen and oxygen atoms in total. The van der Waals surface area contributed by atoms with Crippen LogP contribution in [0.4, 0.5) is 5.69 Å². The van der Waals surface area contributed by atoms with E-state index in [2.05, 4.69) is 5.32 Å². The molecule has 0 saturated carbocycles. The number of benzene rings is 2. The summed E-state index contributed by atoms with van der Waals surface area (Å²) in [6, 6.07) is 15.7. The van der Waals surface area contributed by atoms with Gasteiger partial charge in [0.1, 0.15) is 0 Å². The number of fused-ring (bicyclic) bond motifs is 1. The SMILES string of the molecule is Cc1c(C(=O)Nc2cccc(CS(=O)C3CCOCC3)c2)sc2ccccc12. The molecule has 4 rings (SSSR count). The molecular formula is C22H23NO3S2. The lowest BCUT2D eigenvalue weighted by molar-refractivity contribution is 0.0991. The summed E-state index contributed by atoms with van der Waals surface area (Å²) >= 11 is 1.51. The Balaban J connectivity index is 1.47. The van der Waals surface area contributed by atoms with Gasteiger partial charge in [0.2, 0.25) is 0 Å². The molecule has 3 aromatic rings. The highest BCUT2D eigenvalue weighted by atomic mass is 32.2. The fourth-order valence-corrected chi connectivity index (χ4v) is 6.11. The number of carbonyl (C=O) groups is 1. The van der Waals surface area contributed by atoms with Crippen molar-refractivity contribution in [3.8, 4) is 0 Å². The van der Waals surface area contributed by atoms with Crippen molar-refractivity contribution in [3.05, 3.63) is 64.5 Å². The summed E-state index contributed by atoms with van der Waals surface area (Å²) in [5.74, 6) is 0.414. The third-order valence-electron chi connectivity index (χ3n) is 5.08. The van der Waals surface area contributed by atoms with Crippen LogP contribution >= 0.6 is 11.3 Å². The number of ether oxygens (including phenoxy) is 1. The van der Waals surface area contributed by atoms with Gasteiger partial charge in [-0.05, 0) is 54.5 Å². The number of rotatable bonds is 5. The summed E-state index contributed by atoms with van der Waals surface area (Å²) < 4.78 is 19.1. The molecule has 1 amide bonds. The highest BCUT2D eigenvalue weighted by molar-refractivity contribution is 7.84. The average Bonchev–Trinajstić information content (AvgIpc) is 3.06. The van der Waals surface area contributed by atoms with Crippen molar-refractivity contribution in [2.75, 3.05) is 18.5 Å². The van der Waals surface area contributed by atoms with E-state index in [1.165, 1.54) is 11.3 Å². The van der Waals surface area contributed by atoms with Crippen molar-refractivity contribution in [2.45, 2.75) is 30.8 Å². The van der Waals surface area contributed by atoms with Crippen molar-refractivity contribution in [2.24, 2.45) is 0 Å². The van der Waals surface area contributed by atoms with Gasteiger partial charge in [0.05, 0.1) is 4.88 Å². The van der Waals surface area contributed by atoms with Crippen LogP contribution in [0.25, 0.3) is 10.1 Å². The fourth-order valence-electron chi connectivity index (χ4n) is 3.54. The Labute approximate surface area is 171 Å². The molecule has 1 saturated heterocycles. The molecule has 1 unspecified atom stereocenters. The summed E-state index contributed by atoms with van der Waals surface area (Å²) in [6.45, 7) is 3.38. The van der Waals surface area contributed by atoms with Crippen molar-refractivity contribution in [1.29, 1.82) is 0 Å². The van der Waals surface area contributed by atoms with Crippen LogP contribution in [-0.2, 0) is 21.3 Å². The summed E-state index contributed by atoms with van der Waals surface area (Å²) in [5.41, 5.74) is 2.73. The minimum atomic E-state index is -0.919. The van der Waals surface area contributed by atoms with Gasteiger partial charge < -0.3 is 10.1 Å². The number of hydrogen-bond donors (Lipinski definition) is 1. The number of nitrogens with one attached hydrogen (secondary N) is 1. The van der Waals surface area contributed by atoms with E-state index in [-0.39, 0.29) is 11.2 Å². The Bertz CT molecular complexity index is 1020. The standard InChI is InChI=1S/C22H23NO3S2/c1-15-19-7-2-3-8-20(19)27-21(15)22(24)23-17-6-4-5-16(13-17)14-28(25)18-9-11-26-12-10-18/h2-8,13,18H,9-12,14H2,1H3,(H,23,24).